The molecule has 3 aromatic rings. The molecule has 0 radical (unpaired) electrons. The third kappa shape index (κ3) is 2.50. The Morgan fingerprint density at radius 1 is 0.846 bits per heavy atom. The number of nitrogens with one attached hydrogen (secondary N) is 1. The van der Waals surface area contributed by atoms with E-state index in [1.165, 1.54) is 12.3 Å². The van der Waals surface area contributed by atoms with E-state index in [2.05, 4.69) is 10.3 Å². The van der Waals surface area contributed by atoms with E-state index in [1.807, 2.05) is 0 Å². The molecule has 0 fully saturated rings. The van der Waals surface area contributed by atoms with E-state index in [-0.39, 0.29) is 39.1 Å². The number of rotatable bonds is 2. The lowest BCUT2D eigenvalue weighted by Gasteiger charge is -2.20. The van der Waals surface area contributed by atoms with Crippen molar-refractivity contribution in [2.24, 2.45) is 0 Å². The molecule has 5 nitrogen and oxygen atoms in total. The van der Waals surface area contributed by atoms with Gasteiger partial charge in [0, 0.05) is 22.9 Å². The first-order chi connectivity index (χ1) is 12.6. The summed E-state index contributed by atoms with van der Waals surface area (Å²) in [5, 5.41) is 2.73. The summed E-state index contributed by atoms with van der Waals surface area (Å²) in [6.45, 7) is 0. The summed E-state index contributed by atoms with van der Waals surface area (Å²) in [5.74, 6) is -1.05. The number of carbonyl (C=O) groups is 3. The fraction of sp³-hybridized carbons (Fsp3) is 0. The molecule has 0 atom stereocenters. The van der Waals surface area contributed by atoms with Gasteiger partial charge < -0.3 is 5.32 Å². The summed E-state index contributed by atoms with van der Waals surface area (Å²) in [4.78, 5) is 42.0. The predicted octanol–water partition coefficient (Wildman–Crippen LogP) is 3.76. The van der Waals surface area contributed by atoms with E-state index in [1.54, 1.807) is 48.5 Å². The van der Waals surface area contributed by atoms with E-state index >= 15 is 0 Å². The molecule has 2 aromatic carbocycles. The van der Waals surface area contributed by atoms with Gasteiger partial charge in [0.1, 0.15) is 5.15 Å². The molecule has 0 bridgehead atoms. The van der Waals surface area contributed by atoms with Crippen LogP contribution in [-0.2, 0) is 0 Å². The first-order valence-corrected chi connectivity index (χ1v) is 8.19. The maximum absolute atomic E-state index is 12.9. The number of benzene rings is 2. The Labute approximate surface area is 153 Å². The lowest BCUT2D eigenvalue weighted by molar-refractivity contribution is 0.0978. The van der Waals surface area contributed by atoms with Gasteiger partial charge in [-0.05, 0) is 18.2 Å². The van der Waals surface area contributed by atoms with Crippen molar-refractivity contribution in [1.82, 2.24) is 4.98 Å². The number of hydrogen-bond acceptors (Lipinski definition) is 4. The van der Waals surface area contributed by atoms with Gasteiger partial charge in [-0.1, -0.05) is 48.0 Å². The largest absolute Gasteiger partial charge is 0.321 e. The Kier molecular flexibility index (Phi) is 3.86. The zero-order valence-electron chi connectivity index (χ0n) is 13.3. The molecule has 0 saturated heterocycles. The lowest BCUT2D eigenvalue weighted by Crippen LogP contribution is -2.24. The standard InChI is InChI=1S/C20H11ClN2O3/c21-19-14(8-4-10-22-19)20(26)23-15-9-3-7-13-16(15)18(25)12-6-2-1-5-11(12)17(13)24/h1-10H,(H,23,26). The summed E-state index contributed by atoms with van der Waals surface area (Å²) in [7, 11) is 0. The summed E-state index contributed by atoms with van der Waals surface area (Å²) in [6, 6.07) is 14.6. The highest BCUT2D eigenvalue weighted by molar-refractivity contribution is 6.34. The third-order valence-electron chi connectivity index (χ3n) is 4.20. The van der Waals surface area contributed by atoms with Crippen molar-refractivity contribution in [3.63, 3.8) is 0 Å². The molecule has 26 heavy (non-hydrogen) atoms. The topological polar surface area (TPSA) is 76.1 Å². The second kappa shape index (κ2) is 6.20. The molecule has 0 saturated carbocycles. The lowest BCUT2D eigenvalue weighted by atomic mass is 9.83. The monoisotopic (exact) mass is 362 g/mol. The minimum absolute atomic E-state index is 0.0579. The zero-order valence-corrected chi connectivity index (χ0v) is 14.1. The molecular formula is C20H11ClN2O3. The average molecular weight is 363 g/mol. The Morgan fingerprint density at radius 2 is 1.54 bits per heavy atom. The van der Waals surface area contributed by atoms with Gasteiger partial charge in [0.25, 0.3) is 5.91 Å². The number of pyridine rings is 1. The first-order valence-electron chi connectivity index (χ1n) is 7.81. The van der Waals surface area contributed by atoms with Crippen LogP contribution in [0.25, 0.3) is 0 Å². The molecule has 1 aliphatic carbocycles. The van der Waals surface area contributed by atoms with Crippen LogP contribution in [0.4, 0.5) is 5.69 Å². The van der Waals surface area contributed by atoms with E-state index in [0.29, 0.717) is 11.1 Å². The summed E-state index contributed by atoms with van der Waals surface area (Å²) < 4.78 is 0. The van der Waals surface area contributed by atoms with Crippen molar-refractivity contribution in [2.75, 3.05) is 5.32 Å². The number of fused-ring (bicyclic) bond motifs is 2. The summed E-state index contributed by atoms with van der Waals surface area (Å²) in [5.41, 5.74) is 1.59. The van der Waals surface area contributed by atoms with E-state index in [0.717, 1.165) is 0 Å². The van der Waals surface area contributed by atoms with E-state index < -0.39 is 5.91 Å². The fourth-order valence-electron chi connectivity index (χ4n) is 2.99. The number of carbonyl (C=O) groups excluding carboxylic acids is 3. The highest BCUT2D eigenvalue weighted by Gasteiger charge is 2.31. The predicted molar refractivity (Wildman–Crippen MR) is 96.9 cm³/mol. The van der Waals surface area contributed by atoms with Gasteiger partial charge >= 0.3 is 0 Å². The third-order valence-corrected chi connectivity index (χ3v) is 4.51. The summed E-state index contributed by atoms with van der Waals surface area (Å²) >= 11 is 5.95. The number of nitrogens with zero attached hydrogens (tertiary/aromatic N) is 1. The molecule has 1 aromatic heterocycles. The van der Waals surface area contributed by atoms with Crippen LogP contribution in [0.3, 0.4) is 0 Å². The van der Waals surface area contributed by atoms with Crippen LogP contribution in [0.1, 0.15) is 42.2 Å². The second-order valence-electron chi connectivity index (χ2n) is 5.73. The highest BCUT2D eigenvalue weighted by Crippen LogP contribution is 2.32. The number of halogens is 1. The number of hydrogen-bond donors (Lipinski definition) is 1. The Balaban J connectivity index is 1.79. The maximum atomic E-state index is 12.9. The van der Waals surface area contributed by atoms with Crippen LogP contribution in [0, 0.1) is 0 Å². The van der Waals surface area contributed by atoms with Crippen molar-refractivity contribution in [1.29, 1.82) is 0 Å². The highest BCUT2D eigenvalue weighted by atomic mass is 35.5. The zero-order chi connectivity index (χ0) is 18.3. The van der Waals surface area contributed by atoms with E-state index in [4.69, 9.17) is 11.6 Å². The molecular weight excluding hydrogens is 352 g/mol. The molecule has 0 spiro atoms. The molecule has 1 N–H and O–H groups in total. The molecule has 126 valence electrons. The molecule has 0 aliphatic heterocycles. The van der Waals surface area contributed by atoms with Gasteiger partial charge in [0.05, 0.1) is 16.8 Å². The van der Waals surface area contributed by atoms with Crippen molar-refractivity contribution in [3.05, 3.63) is 93.8 Å². The number of ketones is 2. The molecule has 4 rings (SSSR count). The number of anilines is 1. The van der Waals surface area contributed by atoms with Crippen LogP contribution in [0.15, 0.2) is 60.8 Å². The van der Waals surface area contributed by atoms with Crippen LogP contribution in [0.5, 0.6) is 0 Å². The molecule has 1 amide bonds. The average Bonchev–Trinajstić information content (AvgIpc) is 2.66. The minimum Gasteiger partial charge on any atom is -0.321 e. The maximum Gasteiger partial charge on any atom is 0.258 e. The van der Waals surface area contributed by atoms with Crippen molar-refractivity contribution in [3.8, 4) is 0 Å². The quantitative estimate of drug-likeness (QED) is 0.551. The number of amides is 1. The molecule has 1 aliphatic rings. The smallest absolute Gasteiger partial charge is 0.258 e. The van der Waals surface area contributed by atoms with Gasteiger partial charge in [-0.25, -0.2) is 4.98 Å². The van der Waals surface area contributed by atoms with Gasteiger partial charge in [-0.2, -0.15) is 0 Å². The molecule has 1 heterocycles. The van der Waals surface area contributed by atoms with Gasteiger partial charge in [0.2, 0.25) is 0 Å². The SMILES string of the molecule is O=C(Nc1cccc2c1C(=O)c1ccccc1C2=O)c1cccnc1Cl. The fourth-order valence-corrected chi connectivity index (χ4v) is 3.20. The molecule has 6 heteroatoms. The van der Waals surface area contributed by atoms with Gasteiger partial charge in [-0.3, -0.25) is 14.4 Å². The van der Waals surface area contributed by atoms with Crippen molar-refractivity contribution >= 4 is 34.8 Å². The van der Waals surface area contributed by atoms with Crippen LogP contribution in [-0.4, -0.2) is 22.5 Å². The van der Waals surface area contributed by atoms with Crippen molar-refractivity contribution < 1.29 is 14.4 Å². The summed E-state index contributed by atoms with van der Waals surface area (Å²) in [6.07, 6.45) is 1.47. The second-order valence-corrected chi connectivity index (χ2v) is 6.09. The number of aromatic nitrogens is 1. The first kappa shape index (κ1) is 16.2. The Hall–Kier alpha value is -3.31. The van der Waals surface area contributed by atoms with Crippen LogP contribution in [0.2, 0.25) is 5.15 Å². The Bertz CT molecular complexity index is 1090. The van der Waals surface area contributed by atoms with Gasteiger partial charge in [0.15, 0.2) is 11.6 Å². The minimum atomic E-state index is -0.504. The van der Waals surface area contributed by atoms with Crippen LogP contribution >= 0.6 is 11.6 Å². The normalized spacial score (nSPS) is 12.3. The van der Waals surface area contributed by atoms with E-state index in [9.17, 15) is 14.4 Å². The Morgan fingerprint density at radius 3 is 2.27 bits per heavy atom. The van der Waals surface area contributed by atoms with Gasteiger partial charge in [-0.15, -0.1) is 0 Å². The van der Waals surface area contributed by atoms with Crippen LogP contribution < -0.4 is 5.32 Å². The molecule has 0 unspecified atom stereocenters. The van der Waals surface area contributed by atoms with Crippen molar-refractivity contribution in [2.45, 2.75) is 0 Å².